The third kappa shape index (κ3) is 3.13. The standard InChI is InChI=1S/C22H15FN2O5/c23-16-9-12(13-2-6-19-20(11-13)29-8-7-28-19)1-4-15(16)22-24-17-10-14(21(26)25-27)3-5-18(17)30-22/h1-6,9-11,27H,7-8H2,(H,25,26). The van der Waals surface area contributed by atoms with Gasteiger partial charge < -0.3 is 13.9 Å². The Hall–Kier alpha value is -3.91. The Kier molecular flexibility index (Phi) is 4.33. The van der Waals surface area contributed by atoms with Crippen LogP contribution in [0.3, 0.4) is 0 Å². The summed E-state index contributed by atoms with van der Waals surface area (Å²) in [6.07, 6.45) is 0. The summed E-state index contributed by atoms with van der Waals surface area (Å²) in [6.45, 7) is 0.982. The van der Waals surface area contributed by atoms with E-state index >= 15 is 0 Å². The molecule has 30 heavy (non-hydrogen) atoms. The smallest absolute Gasteiger partial charge is 0.274 e. The zero-order valence-electron chi connectivity index (χ0n) is 15.5. The van der Waals surface area contributed by atoms with Crippen LogP contribution in [-0.4, -0.2) is 29.3 Å². The number of benzene rings is 3. The topological polar surface area (TPSA) is 93.8 Å². The molecule has 2 N–H and O–H groups in total. The molecule has 150 valence electrons. The van der Waals surface area contributed by atoms with E-state index < -0.39 is 11.7 Å². The molecule has 1 aromatic heterocycles. The van der Waals surface area contributed by atoms with Gasteiger partial charge in [-0.1, -0.05) is 12.1 Å². The van der Waals surface area contributed by atoms with E-state index in [0.717, 1.165) is 5.56 Å². The fraction of sp³-hybridized carbons (Fsp3) is 0.0909. The summed E-state index contributed by atoms with van der Waals surface area (Å²) in [5.41, 5.74) is 4.20. The van der Waals surface area contributed by atoms with Crippen molar-refractivity contribution >= 4 is 17.0 Å². The van der Waals surface area contributed by atoms with Gasteiger partial charge >= 0.3 is 0 Å². The van der Waals surface area contributed by atoms with Crippen molar-refractivity contribution in [3.8, 4) is 34.1 Å². The summed E-state index contributed by atoms with van der Waals surface area (Å²) < 4.78 is 31.6. The van der Waals surface area contributed by atoms with Gasteiger partial charge in [-0.15, -0.1) is 0 Å². The fourth-order valence-electron chi connectivity index (χ4n) is 3.34. The molecule has 0 radical (unpaired) electrons. The van der Waals surface area contributed by atoms with Crippen LogP contribution < -0.4 is 15.0 Å². The Balaban J connectivity index is 1.49. The Bertz CT molecular complexity index is 1280. The molecule has 0 bridgehead atoms. The van der Waals surface area contributed by atoms with Gasteiger partial charge in [0.1, 0.15) is 24.5 Å². The summed E-state index contributed by atoms with van der Waals surface area (Å²) in [6, 6.07) is 14.7. The van der Waals surface area contributed by atoms with Gasteiger partial charge in [0.25, 0.3) is 5.91 Å². The van der Waals surface area contributed by atoms with Gasteiger partial charge in [0, 0.05) is 5.56 Å². The van der Waals surface area contributed by atoms with Gasteiger partial charge in [-0.25, -0.2) is 14.9 Å². The Morgan fingerprint density at radius 1 is 0.967 bits per heavy atom. The van der Waals surface area contributed by atoms with Crippen LogP contribution in [0.25, 0.3) is 33.7 Å². The van der Waals surface area contributed by atoms with E-state index in [1.165, 1.54) is 24.3 Å². The first kappa shape index (κ1) is 18.1. The van der Waals surface area contributed by atoms with Crippen molar-refractivity contribution in [2.75, 3.05) is 13.2 Å². The van der Waals surface area contributed by atoms with E-state index in [2.05, 4.69) is 4.98 Å². The molecule has 1 aliphatic rings. The highest BCUT2D eigenvalue weighted by Gasteiger charge is 2.17. The monoisotopic (exact) mass is 406 g/mol. The van der Waals surface area contributed by atoms with Gasteiger partial charge in [-0.3, -0.25) is 10.0 Å². The predicted octanol–water partition coefficient (Wildman–Crippen LogP) is 4.19. The molecule has 1 amide bonds. The van der Waals surface area contributed by atoms with Crippen LogP contribution in [0.4, 0.5) is 4.39 Å². The van der Waals surface area contributed by atoms with E-state index in [4.69, 9.17) is 19.1 Å². The Morgan fingerprint density at radius 2 is 1.73 bits per heavy atom. The summed E-state index contributed by atoms with van der Waals surface area (Å²) >= 11 is 0. The van der Waals surface area contributed by atoms with Crippen LogP contribution in [0.2, 0.25) is 0 Å². The first-order chi connectivity index (χ1) is 14.6. The second kappa shape index (κ2) is 7.16. The largest absolute Gasteiger partial charge is 0.486 e. The maximum absolute atomic E-state index is 14.9. The van der Waals surface area contributed by atoms with Gasteiger partial charge in [0.05, 0.1) is 5.56 Å². The SMILES string of the molecule is O=C(NO)c1ccc2oc(-c3ccc(-c4ccc5c(c4)OCCO5)cc3F)nc2c1. The van der Waals surface area contributed by atoms with Crippen molar-refractivity contribution in [1.82, 2.24) is 10.5 Å². The number of aromatic nitrogens is 1. The molecular formula is C22H15FN2O5. The van der Waals surface area contributed by atoms with Crippen molar-refractivity contribution in [3.05, 3.63) is 66.0 Å². The summed E-state index contributed by atoms with van der Waals surface area (Å²) in [5.74, 6) is 0.226. The Morgan fingerprint density at radius 3 is 2.53 bits per heavy atom. The van der Waals surface area contributed by atoms with Crippen LogP contribution in [0.1, 0.15) is 10.4 Å². The number of ether oxygens (including phenoxy) is 2. The van der Waals surface area contributed by atoms with Crippen molar-refractivity contribution in [3.63, 3.8) is 0 Å². The number of nitrogens with one attached hydrogen (secondary N) is 1. The molecule has 1 aliphatic heterocycles. The molecule has 0 spiro atoms. The fourth-order valence-corrected chi connectivity index (χ4v) is 3.34. The molecule has 3 aromatic carbocycles. The minimum Gasteiger partial charge on any atom is -0.486 e. The van der Waals surface area contributed by atoms with Crippen LogP contribution >= 0.6 is 0 Å². The molecule has 0 saturated carbocycles. The zero-order valence-corrected chi connectivity index (χ0v) is 15.5. The second-order valence-corrected chi connectivity index (χ2v) is 6.70. The number of amides is 1. The maximum atomic E-state index is 14.9. The van der Waals surface area contributed by atoms with E-state index in [9.17, 15) is 9.18 Å². The number of rotatable bonds is 3. The van der Waals surface area contributed by atoms with E-state index in [1.54, 1.807) is 23.7 Å². The number of hydroxylamine groups is 1. The third-order valence-electron chi connectivity index (χ3n) is 4.83. The number of oxazole rings is 1. The molecule has 4 aromatic rings. The van der Waals surface area contributed by atoms with Gasteiger partial charge in [0.15, 0.2) is 17.1 Å². The molecule has 0 fully saturated rings. The molecule has 0 atom stereocenters. The highest BCUT2D eigenvalue weighted by Crippen LogP contribution is 2.36. The van der Waals surface area contributed by atoms with Gasteiger partial charge in [0.2, 0.25) is 5.89 Å². The first-order valence-corrected chi connectivity index (χ1v) is 9.17. The lowest BCUT2D eigenvalue weighted by Crippen LogP contribution is -2.18. The number of carbonyl (C=O) groups excluding carboxylic acids is 1. The zero-order chi connectivity index (χ0) is 20.7. The van der Waals surface area contributed by atoms with Gasteiger partial charge in [-0.05, 0) is 53.6 Å². The van der Waals surface area contributed by atoms with E-state index in [0.29, 0.717) is 41.4 Å². The average Bonchev–Trinajstić information content (AvgIpc) is 3.21. The average molecular weight is 406 g/mol. The normalized spacial score (nSPS) is 12.7. The number of nitrogens with zero attached hydrogens (tertiary/aromatic N) is 1. The highest BCUT2D eigenvalue weighted by molar-refractivity contribution is 5.96. The minimum absolute atomic E-state index is 0.0952. The van der Waals surface area contributed by atoms with E-state index in [1.807, 2.05) is 12.1 Å². The molecule has 5 rings (SSSR count). The van der Waals surface area contributed by atoms with Crippen molar-refractivity contribution in [2.24, 2.45) is 0 Å². The number of halogens is 1. The number of carbonyl (C=O) groups is 1. The number of fused-ring (bicyclic) bond motifs is 2. The van der Waals surface area contributed by atoms with Gasteiger partial charge in [-0.2, -0.15) is 0 Å². The number of hydrogen-bond acceptors (Lipinski definition) is 6. The number of hydrogen-bond donors (Lipinski definition) is 2. The van der Waals surface area contributed by atoms with Crippen molar-refractivity contribution in [1.29, 1.82) is 0 Å². The summed E-state index contributed by atoms with van der Waals surface area (Å²) in [7, 11) is 0. The molecule has 7 nitrogen and oxygen atoms in total. The molecule has 2 heterocycles. The lowest BCUT2D eigenvalue weighted by Gasteiger charge is -2.19. The van der Waals surface area contributed by atoms with Crippen LogP contribution in [0.5, 0.6) is 11.5 Å². The molecule has 8 heteroatoms. The maximum Gasteiger partial charge on any atom is 0.274 e. The van der Waals surface area contributed by atoms with Crippen molar-refractivity contribution in [2.45, 2.75) is 0 Å². The molecule has 0 saturated heterocycles. The quantitative estimate of drug-likeness (QED) is 0.391. The second-order valence-electron chi connectivity index (χ2n) is 6.70. The lowest BCUT2D eigenvalue weighted by molar-refractivity contribution is 0.0706. The molecule has 0 unspecified atom stereocenters. The Labute approximate surface area is 169 Å². The summed E-state index contributed by atoms with van der Waals surface area (Å²) in [5, 5.41) is 8.76. The van der Waals surface area contributed by atoms with Crippen LogP contribution in [0.15, 0.2) is 59.0 Å². The first-order valence-electron chi connectivity index (χ1n) is 9.17. The molecule has 0 aliphatic carbocycles. The van der Waals surface area contributed by atoms with E-state index in [-0.39, 0.29) is 17.0 Å². The van der Waals surface area contributed by atoms with Crippen LogP contribution in [-0.2, 0) is 0 Å². The lowest BCUT2D eigenvalue weighted by atomic mass is 10.0. The van der Waals surface area contributed by atoms with Crippen LogP contribution in [0, 0.1) is 5.82 Å². The minimum atomic E-state index is -0.670. The molecular weight excluding hydrogens is 391 g/mol. The predicted molar refractivity (Wildman–Crippen MR) is 105 cm³/mol. The highest BCUT2D eigenvalue weighted by atomic mass is 19.1. The summed E-state index contributed by atoms with van der Waals surface area (Å²) in [4.78, 5) is 15.8. The third-order valence-corrected chi connectivity index (χ3v) is 4.83. The van der Waals surface area contributed by atoms with Crippen molar-refractivity contribution < 1.29 is 28.3 Å².